The molecule has 17 atom stereocenters. The van der Waals surface area contributed by atoms with Gasteiger partial charge in [0.05, 0.1) is 38.6 Å². The van der Waals surface area contributed by atoms with Gasteiger partial charge in [0, 0.05) is 6.42 Å². The summed E-state index contributed by atoms with van der Waals surface area (Å²) in [5, 5.41) is 119. The maximum Gasteiger partial charge on any atom is 0.220 e. The summed E-state index contributed by atoms with van der Waals surface area (Å²) in [4.78, 5) is 13.1. The molecule has 19 heteroatoms. The van der Waals surface area contributed by atoms with Gasteiger partial charge in [0.25, 0.3) is 0 Å². The zero-order valence-electron chi connectivity index (χ0n) is 41.9. The highest BCUT2D eigenvalue weighted by Gasteiger charge is 2.53. The molecular formula is C52H89NO18. The van der Waals surface area contributed by atoms with Crippen molar-refractivity contribution in [3.8, 4) is 0 Å². The minimum Gasteiger partial charge on any atom is -0.394 e. The molecule has 71 heavy (non-hydrogen) atoms. The highest BCUT2D eigenvalue weighted by atomic mass is 16.8. The summed E-state index contributed by atoms with van der Waals surface area (Å²) in [5.74, 6) is -0.296. The van der Waals surface area contributed by atoms with Gasteiger partial charge in [-0.25, -0.2) is 0 Å². The molecular weight excluding hydrogens is 927 g/mol. The molecule has 1 amide bonds. The molecule has 3 aliphatic heterocycles. The standard InChI is InChI=1S/C52H89NO18/c1-3-5-7-9-10-11-12-13-14-15-16-17-18-19-20-21-22-23-24-26-28-30-40(58)53-35(36(57)29-27-25-8-6-4-2)34-66-50-46(64)43(61)48(38(32-55)68-50)71-52-47(65)44(62)49(39(33-56)69-52)70-51-45(63)42(60)41(59)37(31-54)67-51/h5,7,10-11,13-14,16-17,27,29,35-39,41-52,54-57,59-65H,3-4,6,8-9,12,15,18-26,28,30-34H2,1-2H3,(H,53,58)/b7-5-,11-10-,14-13-,17-16-,29-27+. The number of allylic oxidation sites excluding steroid dienone is 9. The van der Waals surface area contributed by atoms with Crippen LogP contribution in [0, 0.1) is 0 Å². The van der Waals surface area contributed by atoms with E-state index in [-0.39, 0.29) is 18.9 Å². The second kappa shape index (κ2) is 36.4. The molecule has 0 spiro atoms. The molecule has 19 nitrogen and oxygen atoms in total. The Hall–Kier alpha value is -2.51. The van der Waals surface area contributed by atoms with Gasteiger partial charge < -0.3 is 89.9 Å². The molecule has 0 aromatic heterocycles. The molecule has 0 radical (unpaired) electrons. The summed E-state index contributed by atoms with van der Waals surface area (Å²) >= 11 is 0. The van der Waals surface area contributed by atoms with Crippen molar-refractivity contribution >= 4 is 5.91 Å². The van der Waals surface area contributed by atoms with Crippen molar-refractivity contribution in [1.82, 2.24) is 5.32 Å². The number of carbonyl (C=O) groups is 1. The SMILES string of the molecule is CC/C=C\C/C=C\C/C=C\C/C=C\CCCCCCCCCCC(=O)NC(COC1OC(CO)C(OC2OC(CO)C(OC3OC(CO)C(O)C(O)C3O)C(O)C2O)C(O)C1O)C(O)/C=C/CCCCC. The Morgan fingerprint density at radius 2 is 0.972 bits per heavy atom. The number of aliphatic hydroxyl groups is 11. The van der Waals surface area contributed by atoms with Crippen molar-refractivity contribution in [3.05, 3.63) is 60.8 Å². The minimum atomic E-state index is -1.98. The van der Waals surface area contributed by atoms with Gasteiger partial charge in [0.2, 0.25) is 5.91 Å². The zero-order valence-corrected chi connectivity index (χ0v) is 41.9. The lowest BCUT2D eigenvalue weighted by molar-refractivity contribution is -0.379. The van der Waals surface area contributed by atoms with Gasteiger partial charge in [-0.15, -0.1) is 0 Å². The van der Waals surface area contributed by atoms with E-state index in [4.69, 9.17) is 28.4 Å². The smallest absolute Gasteiger partial charge is 0.220 e. The van der Waals surface area contributed by atoms with Crippen LogP contribution in [0.5, 0.6) is 0 Å². The molecule has 0 aromatic carbocycles. The highest BCUT2D eigenvalue weighted by molar-refractivity contribution is 5.76. The lowest BCUT2D eigenvalue weighted by atomic mass is 9.96. The van der Waals surface area contributed by atoms with E-state index < -0.39 is 124 Å². The third kappa shape index (κ3) is 22.1. The fraction of sp³-hybridized carbons (Fsp3) is 0.788. The fourth-order valence-electron chi connectivity index (χ4n) is 8.47. The zero-order chi connectivity index (χ0) is 52.0. The summed E-state index contributed by atoms with van der Waals surface area (Å²) in [6, 6.07) is -0.975. The van der Waals surface area contributed by atoms with E-state index in [1.54, 1.807) is 6.08 Å². The van der Waals surface area contributed by atoms with Crippen LogP contribution >= 0.6 is 0 Å². The molecule has 17 unspecified atom stereocenters. The van der Waals surface area contributed by atoms with Crippen LogP contribution in [0.2, 0.25) is 0 Å². The van der Waals surface area contributed by atoms with Gasteiger partial charge in [-0.05, 0) is 57.8 Å². The van der Waals surface area contributed by atoms with Crippen LogP contribution in [0.1, 0.15) is 129 Å². The normalized spacial score (nSPS) is 32.8. The van der Waals surface area contributed by atoms with Crippen LogP contribution in [-0.4, -0.2) is 193 Å². The van der Waals surface area contributed by atoms with Crippen LogP contribution < -0.4 is 5.32 Å². The Labute approximate surface area is 420 Å². The van der Waals surface area contributed by atoms with E-state index in [9.17, 15) is 61.0 Å². The summed E-state index contributed by atoms with van der Waals surface area (Å²) < 4.78 is 34.0. The van der Waals surface area contributed by atoms with E-state index in [1.807, 2.05) is 6.08 Å². The first kappa shape index (κ1) is 62.8. The fourth-order valence-corrected chi connectivity index (χ4v) is 8.47. The summed E-state index contributed by atoms with van der Waals surface area (Å²) in [7, 11) is 0. The second-order valence-electron chi connectivity index (χ2n) is 18.6. The molecule has 3 saturated heterocycles. The molecule has 0 aliphatic carbocycles. The lowest BCUT2D eigenvalue weighted by Gasteiger charge is -2.48. The number of nitrogens with one attached hydrogen (secondary N) is 1. The summed E-state index contributed by atoms with van der Waals surface area (Å²) in [6.45, 7) is 1.43. The number of rotatable bonds is 35. The molecule has 0 saturated carbocycles. The monoisotopic (exact) mass is 1020 g/mol. The molecule has 3 heterocycles. The Kier molecular flexibility index (Phi) is 32.2. The van der Waals surface area contributed by atoms with Gasteiger partial charge >= 0.3 is 0 Å². The molecule has 3 fully saturated rings. The number of hydrogen-bond acceptors (Lipinski definition) is 18. The Morgan fingerprint density at radius 3 is 1.52 bits per heavy atom. The van der Waals surface area contributed by atoms with Crippen LogP contribution in [0.4, 0.5) is 0 Å². The Bertz CT molecular complexity index is 1540. The van der Waals surface area contributed by atoms with Gasteiger partial charge in [-0.2, -0.15) is 0 Å². The van der Waals surface area contributed by atoms with E-state index in [2.05, 4.69) is 67.8 Å². The average molecular weight is 1020 g/mol. The average Bonchev–Trinajstić information content (AvgIpc) is 3.36. The van der Waals surface area contributed by atoms with Crippen molar-refractivity contribution in [3.63, 3.8) is 0 Å². The minimum absolute atomic E-state index is 0.229. The predicted octanol–water partition coefficient (Wildman–Crippen LogP) is 2.14. The molecule has 0 bridgehead atoms. The van der Waals surface area contributed by atoms with Crippen molar-refractivity contribution < 1.29 is 89.4 Å². The third-order valence-electron chi connectivity index (χ3n) is 12.8. The predicted molar refractivity (Wildman–Crippen MR) is 263 cm³/mol. The van der Waals surface area contributed by atoms with Gasteiger partial charge in [0.1, 0.15) is 73.2 Å². The van der Waals surface area contributed by atoms with E-state index in [0.717, 1.165) is 83.5 Å². The van der Waals surface area contributed by atoms with Crippen LogP contribution in [0.15, 0.2) is 60.8 Å². The first-order chi connectivity index (χ1) is 34.3. The van der Waals surface area contributed by atoms with Crippen molar-refractivity contribution in [2.24, 2.45) is 0 Å². The van der Waals surface area contributed by atoms with Crippen LogP contribution in [0.3, 0.4) is 0 Å². The van der Waals surface area contributed by atoms with E-state index in [0.29, 0.717) is 6.42 Å². The molecule has 12 N–H and O–H groups in total. The van der Waals surface area contributed by atoms with Crippen molar-refractivity contribution in [1.29, 1.82) is 0 Å². The number of carbonyl (C=O) groups excluding carboxylic acids is 1. The van der Waals surface area contributed by atoms with E-state index >= 15 is 0 Å². The topological polar surface area (TPSA) is 307 Å². The number of aliphatic hydroxyl groups excluding tert-OH is 11. The first-order valence-electron chi connectivity index (χ1n) is 26.0. The maximum absolute atomic E-state index is 13.1. The number of hydrogen-bond donors (Lipinski definition) is 12. The maximum atomic E-state index is 13.1. The summed E-state index contributed by atoms with van der Waals surface area (Å²) in [5.41, 5.74) is 0. The molecule has 3 rings (SSSR count). The van der Waals surface area contributed by atoms with E-state index in [1.165, 1.54) is 19.3 Å². The number of amides is 1. The number of unbranched alkanes of at least 4 members (excludes halogenated alkanes) is 11. The quantitative estimate of drug-likeness (QED) is 0.0320. The van der Waals surface area contributed by atoms with Crippen LogP contribution in [-0.2, 0) is 33.2 Å². The first-order valence-corrected chi connectivity index (χ1v) is 26.0. The molecule has 0 aromatic rings. The largest absolute Gasteiger partial charge is 0.394 e. The summed E-state index contributed by atoms with van der Waals surface area (Å²) in [6.07, 6.45) is 11.5. The van der Waals surface area contributed by atoms with Gasteiger partial charge in [-0.3, -0.25) is 4.79 Å². The molecule has 410 valence electrons. The van der Waals surface area contributed by atoms with Gasteiger partial charge in [0.15, 0.2) is 18.9 Å². The Balaban J connectivity index is 1.45. The third-order valence-corrected chi connectivity index (χ3v) is 12.8. The Morgan fingerprint density at radius 1 is 0.521 bits per heavy atom. The van der Waals surface area contributed by atoms with Crippen LogP contribution in [0.25, 0.3) is 0 Å². The van der Waals surface area contributed by atoms with Gasteiger partial charge in [-0.1, -0.05) is 126 Å². The highest BCUT2D eigenvalue weighted by Crippen LogP contribution is 2.33. The van der Waals surface area contributed by atoms with Crippen molar-refractivity contribution in [2.75, 3.05) is 26.4 Å². The number of ether oxygens (including phenoxy) is 6. The lowest BCUT2D eigenvalue weighted by Crippen LogP contribution is -2.66. The van der Waals surface area contributed by atoms with Crippen molar-refractivity contribution in [2.45, 2.75) is 234 Å². The molecule has 3 aliphatic rings. The second-order valence-corrected chi connectivity index (χ2v) is 18.6.